The van der Waals surface area contributed by atoms with E-state index in [4.69, 9.17) is 0 Å². The minimum atomic E-state index is -3.73. The van der Waals surface area contributed by atoms with Crippen molar-refractivity contribution in [2.45, 2.75) is 46.7 Å². The molecule has 0 radical (unpaired) electrons. The summed E-state index contributed by atoms with van der Waals surface area (Å²) in [7, 11) is -2.20. The Kier molecular flexibility index (Phi) is 8.44. The lowest BCUT2D eigenvalue weighted by atomic mass is 10.1. The van der Waals surface area contributed by atoms with Gasteiger partial charge in [0.25, 0.3) is 0 Å². The third kappa shape index (κ3) is 6.09. The number of aryl methyl sites for hydroxylation is 3. The Morgan fingerprint density at radius 2 is 1.66 bits per heavy atom. The zero-order chi connectivity index (χ0) is 24.1. The van der Waals surface area contributed by atoms with E-state index in [-0.39, 0.29) is 19.0 Å². The average Bonchev–Trinajstić information content (AvgIpc) is 2.74. The molecule has 0 bridgehead atoms. The van der Waals surface area contributed by atoms with Gasteiger partial charge in [0.2, 0.25) is 21.8 Å². The lowest BCUT2D eigenvalue weighted by molar-refractivity contribution is -0.140. The Labute approximate surface area is 191 Å². The SMILES string of the molecule is CCC(C(=O)NC)N(Cc1ccccc1C)C(=O)CN(c1ccc(C)c(C)c1)S(C)(=O)=O. The van der Waals surface area contributed by atoms with Crippen molar-refractivity contribution in [2.75, 3.05) is 24.2 Å². The Balaban J connectivity index is 2.46. The molecule has 8 heteroatoms. The topological polar surface area (TPSA) is 86.8 Å². The van der Waals surface area contributed by atoms with E-state index < -0.39 is 22.0 Å². The van der Waals surface area contributed by atoms with Gasteiger partial charge in [-0.1, -0.05) is 37.3 Å². The van der Waals surface area contributed by atoms with Crippen LogP contribution in [-0.4, -0.2) is 51.0 Å². The monoisotopic (exact) mass is 459 g/mol. The summed E-state index contributed by atoms with van der Waals surface area (Å²) in [4.78, 5) is 27.5. The molecule has 174 valence electrons. The number of hydrogen-bond acceptors (Lipinski definition) is 4. The summed E-state index contributed by atoms with van der Waals surface area (Å²) in [6.45, 7) is 7.42. The number of rotatable bonds is 9. The summed E-state index contributed by atoms with van der Waals surface area (Å²) in [5, 5.41) is 2.62. The van der Waals surface area contributed by atoms with E-state index in [9.17, 15) is 18.0 Å². The van der Waals surface area contributed by atoms with Gasteiger partial charge in [-0.3, -0.25) is 13.9 Å². The first-order chi connectivity index (χ1) is 15.0. The number of benzene rings is 2. The summed E-state index contributed by atoms with van der Waals surface area (Å²) in [6.07, 6.45) is 1.48. The van der Waals surface area contributed by atoms with Gasteiger partial charge in [0.1, 0.15) is 12.6 Å². The Morgan fingerprint density at radius 3 is 2.19 bits per heavy atom. The maximum atomic E-state index is 13.5. The van der Waals surface area contributed by atoms with Gasteiger partial charge >= 0.3 is 0 Å². The van der Waals surface area contributed by atoms with Crippen LogP contribution in [0, 0.1) is 20.8 Å². The number of nitrogens with zero attached hydrogens (tertiary/aromatic N) is 2. The fourth-order valence-corrected chi connectivity index (χ4v) is 4.39. The van der Waals surface area contributed by atoms with Crippen LogP contribution in [0.5, 0.6) is 0 Å². The predicted molar refractivity (Wildman–Crippen MR) is 128 cm³/mol. The highest BCUT2D eigenvalue weighted by Crippen LogP contribution is 2.23. The second-order valence-corrected chi connectivity index (χ2v) is 9.93. The van der Waals surface area contributed by atoms with E-state index in [0.717, 1.165) is 32.8 Å². The molecule has 0 aliphatic rings. The summed E-state index contributed by atoms with van der Waals surface area (Å²) >= 11 is 0. The molecule has 32 heavy (non-hydrogen) atoms. The number of carbonyl (C=O) groups excluding carboxylic acids is 2. The predicted octanol–water partition coefficient (Wildman–Crippen LogP) is 2.93. The third-order valence-electron chi connectivity index (χ3n) is 5.69. The molecule has 0 saturated carbocycles. The van der Waals surface area contributed by atoms with Gasteiger partial charge in [0.05, 0.1) is 11.9 Å². The lowest BCUT2D eigenvalue weighted by Gasteiger charge is -2.33. The first-order valence-corrected chi connectivity index (χ1v) is 12.4. The second-order valence-electron chi connectivity index (χ2n) is 8.02. The van der Waals surface area contributed by atoms with Crippen LogP contribution in [-0.2, 0) is 26.2 Å². The minimum Gasteiger partial charge on any atom is -0.357 e. The van der Waals surface area contributed by atoms with Crippen LogP contribution in [0.1, 0.15) is 35.6 Å². The molecule has 1 N–H and O–H groups in total. The quantitative estimate of drug-likeness (QED) is 0.625. The van der Waals surface area contributed by atoms with Gasteiger partial charge in [-0.15, -0.1) is 0 Å². The molecule has 0 saturated heterocycles. The smallest absolute Gasteiger partial charge is 0.244 e. The van der Waals surface area contributed by atoms with Crippen LogP contribution < -0.4 is 9.62 Å². The molecule has 7 nitrogen and oxygen atoms in total. The molecule has 0 spiro atoms. The lowest BCUT2D eigenvalue weighted by Crippen LogP contribution is -2.51. The number of amides is 2. The summed E-state index contributed by atoms with van der Waals surface area (Å²) in [5.41, 5.74) is 4.27. The van der Waals surface area contributed by atoms with Crippen LogP contribution in [0.25, 0.3) is 0 Å². The Hall–Kier alpha value is -2.87. The molecule has 2 rings (SSSR count). The van der Waals surface area contributed by atoms with E-state index >= 15 is 0 Å². The highest BCUT2D eigenvalue weighted by molar-refractivity contribution is 7.92. The molecule has 0 aromatic heterocycles. The maximum absolute atomic E-state index is 13.5. The number of hydrogen-bond donors (Lipinski definition) is 1. The summed E-state index contributed by atoms with van der Waals surface area (Å²) in [5.74, 6) is -0.723. The van der Waals surface area contributed by atoms with Gasteiger partial charge in [-0.25, -0.2) is 8.42 Å². The van der Waals surface area contributed by atoms with Crippen LogP contribution in [0.15, 0.2) is 42.5 Å². The molecule has 2 aromatic rings. The van der Waals surface area contributed by atoms with Crippen LogP contribution >= 0.6 is 0 Å². The third-order valence-corrected chi connectivity index (χ3v) is 6.83. The first kappa shape index (κ1) is 25.4. The first-order valence-electron chi connectivity index (χ1n) is 10.6. The van der Waals surface area contributed by atoms with E-state index in [1.165, 1.54) is 11.9 Å². The summed E-state index contributed by atoms with van der Waals surface area (Å²) < 4.78 is 26.3. The van der Waals surface area contributed by atoms with Crippen molar-refractivity contribution in [1.29, 1.82) is 0 Å². The summed E-state index contributed by atoms with van der Waals surface area (Å²) in [6, 6.07) is 12.2. The van der Waals surface area contributed by atoms with Crippen LogP contribution in [0.4, 0.5) is 5.69 Å². The van der Waals surface area contributed by atoms with E-state index in [2.05, 4.69) is 5.32 Å². The maximum Gasteiger partial charge on any atom is 0.244 e. The van der Waals surface area contributed by atoms with Gasteiger partial charge in [-0.05, 0) is 61.6 Å². The number of sulfonamides is 1. The standard InChI is InChI=1S/C24H33N3O4S/c1-7-22(24(29)25-5)26(15-20-11-9-8-10-18(20)3)23(28)16-27(32(6,30)31)21-13-12-17(2)19(4)14-21/h8-14,22H,7,15-16H2,1-6H3,(H,25,29). The zero-order valence-electron chi connectivity index (χ0n) is 19.7. The van der Waals surface area contributed by atoms with Crippen LogP contribution in [0.2, 0.25) is 0 Å². The van der Waals surface area contributed by atoms with E-state index in [1.807, 2.05) is 58.0 Å². The zero-order valence-corrected chi connectivity index (χ0v) is 20.5. The fourth-order valence-electron chi connectivity index (χ4n) is 3.55. The molecule has 2 amide bonds. The van der Waals surface area contributed by atoms with Gasteiger partial charge in [0, 0.05) is 13.6 Å². The van der Waals surface area contributed by atoms with Crippen molar-refractivity contribution in [3.63, 3.8) is 0 Å². The highest BCUT2D eigenvalue weighted by Gasteiger charge is 2.31. The van der Waals surface area contributed by atoms with Crippen molar-refractivity contribution in [3.05, 3.63) is 64.7 Å². The Morgan fingerprint density at radius 1 is 1.00 bits per heavy atom. The molecule has 0 heterocycles. The second kappa shape index (κ2) is 10.6. The van der Waals surface area contributed by atoms with Crippen molar-refractivity contribution in [3.8, 4) is 0 Å². The molecule has 0 aliphatic heterocycles. The number of carbonyl (C=O) groups is 2. The van der Waals surface area contributed by atoms with Gasteiger partial charge in [0.15, 0.2) is 0 Å². The average molecular weight is 460 g/mol. The fraction of sp³-hybridized carbons (Fsp3) is 0.417. The molecule has 0 aliphatic carbocycles. The van der Waals surface area contributed by atoms with Crippen molar-refractivity contribution < 1.29 is 18.0 Å². The number of likely N-dealkylation sites (N-methyl/N-ethyl adjacent to an activating group) is 1. The molecule has 1 unspecified atom stereocenters. The highest BCUT2D eigenvalue weighted by atomic mass is 32.2. The van der Waals surface area contributed by atoms with Gasteiger partial charge in [-0.2, -0.15) is 0 Å². The number of nitrogens with one attached hydrogen (secondary N) is 1. The molecule has 2 aromatic carbocycles. The molecule has 0 fully saturated rings. The molecule has 1 atom stereocenters. The Bertz CT molecular complexity index is 1080. The normalized spacial score (nSPS) is 12.2. The number of anilines is 1. The van der Waals surface area contributed by atoms with Crippen molar-refractivity contribution in [1.82, 2.24) is 10.2 Å². The molecular weight excluding hydrogens is 426 g/mol. The van der Waals surface area contributed by atoms with Crippen LogP contribution in [0.3, 0.4) is 0 Å². The largest absolute Gasteiger partial charge is 0.357 e. The van der Waals surface area contributed by atoms with Crippen molar-refractivity contribution >= 4 is 27.5 Å². The molecular formula is C24H33N3O4S. The minimum absolute atomic E-state index is 0.210. The van der Waals surface area contributed by atoms with Gasteiger partial charge < -0.3 is 10.2 Å². The van der Waals surface area contributed by atoms with Crippen molar-refractivity contribution in [2.24, 2.45) is 0 Å². The van der Waals surface area contributed by atoms with E-state index in [1.54, 1.807) is 12.1 Å². The van der Waals surface area contributed by atoms with E-state index in [0.29, 0.717) is 12.1 Å².